The highest BCUT2D eigenvalue weighted by Crippen LogP contribution is 2.20. The van der Waals surface area contributed by atoms with E-state index >= 15 is 0 Å². The zero-order valence-corrected chi connectivity index (χ0v) is 15.0. The number of hydrogen-bond donors (Lipinski definition) is 2. The minimum absolute atomic E-state index is 0.0841. The summed E-state index contributed by atoms with van der Waals surface area (Å²) < 4.78 is 18.2. The largest absolute Gasteiger partial charge is 0.496 e. The minimum atomic E-state index is -0.513. The summed E-state index contributed by atoms with van der Waals surface area (Å²) in [4.78, 5) is 25.7. The Labute approximate surface area is 151 Å². The van der Waals surface area contributed by atoms with Gasteiger partial charge < -0.3 is 4.74 Å². The first kappa shape index (κ1) is 19.4. The van der Waals surface area contributed by atoms with Gasteiger partial charge in [0, 0.05) is 17.7 Å². The lowest BCUT2D eigenvalue weighted by Gasteiger charge is -2.18. The van der Waals surface area contributed by atoms with E-state index in [0.717, 1.165) is 16.9 Å². The van der Waals surface area contributed by atoms with E-state index in [1.807, 2.05) is 25.1 Å². The number of carbonyl (C=O) groups is 2. The van der Waals surface area contributed by atoms with Crippen molar-refractivity contribution in [2.75, 3.05) is 20.7 Å². The molecule has 0 unspecified atom stereocenters. The Kier molecular flexibility index (Phi) is 6.68. The first-order valence-electron chi connectivity index (χ1n) is 8.06. The second-order valence-corrected chi connectivity index (χ2v) is 6.00. The number of hydrazine groups is 1. The number of aryl methyl sites for hydroxylation is 1. The highest BCUT2D eigenvalue weighted by atomic mass is 19.1. The lowest BCUT2D eigenvalue weighted by molar-refractivity contribution is -0.122. The van der Waals surface area contributed by atoms with Gasteiger partial charge in [-0.1, -0.05) is 17.7 Å². The maximum Gasteiger partial charge on any atom is 0.269 e. The van der Waals surface area contributed by atoms with Crippen LogP contribution in [0.2, 0.25) is 0 Å². The van der Waals surface area contributed by atoms with Crippen LogP contribution in [0, 0.1) is 12.7 Å². The molecule has 0 aliphatic rings. The maximum absolute atomic E-state index is 12.8. The Hall–Kier alpha value is -2.93. The smallest absolute Gasteiger partial charge is 0.269 e. The second-order valence-electron chi connectivity index (χ2n) is 6.00. The van der Waals surface area contributed by atoms with Crippen LogP contribution in [0.5, 0.6) is 5.75 Å². The molecule has 0 saturated carbocycles. The third-order valence-electron chi connectivity index (χ3n) is 3.71. The van der Waals surface area contributed by atoms with Gasteiger partial charge in [0.2, 0.25) is 0 Å². The molecule has 0 aromatic heterocycles. The third kappa shape index (κ3) is 5.56. The van der Waals surface area contributed by atoms with E-state index in [0.29, 0.717) is 6.54 Å². The molecule has 26 heavy (non-hydrogen) atoms. The molecule has 7 heteroatoms. The van der Waals surface area contributed by atoms with Crippen LogP contribution in [-0.2, 0) is 11.3 Å². The van der Waals surface area contributed by atoms with Crippen molar-refractivity contribution in [1.29, 1.82) is 0 Å². The van der Waals surface area contributed by atoms with Gasteiger partial charge in [-0.05, 0) is 44.3 Å². The number of nitrogens with one attached hydrogen (secondary N) is 2. The molecule has 0 spiro atoms. The zero-order chi connectivity index (χ0) is 19.1. The average molecular weight is 359 g/mol. The summed E-state index contributed by atoms with van der Waals surface area (Å²) in [5.41, 5.74) is 6.98. The van der Waals surface area contributed by atoms with Crippen molar-refractivity contribution >= 4 is 11.8 Å². The van der Waals surface area contributed by atoms with E-state index < -0.39 is 11.7 Å². The van der Waals surface area contributed by atoms with Crippen LogP contribution in [0.3, 0.4) is 0 Å². The molecule has 6 nitrogen and oxygen atoms in total. The van der Waals surface area contributed by atoms with Crippen molar-refractivity contribution < 1.29 is 18.7 Å². The van der Waals surface area contributed by atoms with Gasteiger partial charge in [-0.3, -0.25) is 25.3 Å². The summed E-state index contributed by atoms with van der Waals surface area (Å²) in [6.45, 7) is 2.59. The molecule has 0 fully saturated rings. The SMILES string of the molecule is COc1ccc(C)cc1CN(C)CC(=O)NNC(=O)c1ccc(F)cc1. The normalized spacial score (nSPS) is 10.5. The van der Waals surface area contributed by atoms with Gasteiger partial charge in [-0.25, -0.2) is 4.39 Å². The predicted molar refractivity (Wildman–Crippen MR) is 96.1 cm³/mol. The summed E-state index contributed by atoms with van der Waals surface area (Å²) in [6, 6.07) is 10.9. The number of hydrogen-bond acceptors (Lipinski definition) is 4. The highest BCUT2D eigenvalue weighted by Gasteiger charge is 2.12. The fourth-order valence-corrected chi connectivity index (χ4v) is 2.46. The second kappa shape index (κ2) is 8.96. The molecule has 0 atom stereocenters. The number of methoxy groups -OCH3 is 1. The summed E-state index contributed by atoms with van der Waals surface area (Å²) in [5.74, 6) is -0.554. The first-order valence-corrected chi connectivity index (χ1v) is 8.06. The van der Waals surface area contributed by atoms with E-state index in [-0.39, 0.29) is 18.0 Å². The molecule has 2 amide bonds. The van der Waals surface area contributed by atoms with E-state index in [1.165, 1.54) is 24.3 Å². The van der Waals surface area contributed by atoms with Crippen LogP contribution < -0.4 is 15.6 Å². The first-order chi connectivity index (χ1) is 12.4. The van der Waals surface area contributed by atoms with Crippen LogP contribution in [0.15, 0.2) is 42.5 Å². The number of likely N-dealkylation sites (N-methyl/N-ethyl adjacent to an activating group) is 1. The average Bonchev–Trinajstić information content (AvgIpc) is 2.60. The molecular formula is C19H22FN3O3. The molecular weight excluding hydrogens is 337 g/mol. The molecule has 138 valence electrons. The van der Waals surface area contributed by atoms with Gasteiger partial charge in [0.05, 0.1) is 13.7 Å². The van der Waals surface area contributed by atoms with E-state index in [4.69, 9.17) is 4.74 Å². The third-order valence-corrected chi connectivity index (χ3v) is 3.71. The molecule has 2 rings (SSSR count). The molecule has 0 aliphatic carbocycles. The molecule has 0 aliphatic heterocycles. The van der Waals surface area contributed by atoms with Crippen LogP contribution in [0.1, 0.15) is 21.5 Å². The fourth-order valence-electron chi connectivity index (χ4n) is 2.46. The minimum Gasteiger partial charge on any atom is -0.496 e. The van der Waals surface area contributed by atoms with Crippen LogP contribution >= 0.6 is 0 Å². The fraction of sp³-hybridized carbons (Fsp3) is 0.263. The Morgan fingerprint density at radius 3 is 2.46 bits per heavy atom. The number of carbonyl (C=O) groups excluding carboxylic acids is 2. The van der Waals surface area contributed by atoms with Crippen molar-refractivity contribution in [2.24, 2.45) is 0 Å². The summed E-state index contributed by atoms with van der Waals surface area (Å²) >= 11 is 0. The standard InChI is InChI=1S/C19H22FN3O3/c1-13-4-9-17(26-3)15(10-13)11-23(2)12-18(24)21-22-19(25)14-5-7-16(20)8-6-14/h4-10H,11-12H2,1-3H3,(H,21,24)(H,22,25). The number of ether oxygens (including phenoxy) is 1. The van der Waals surface area contributed by atoms with Crippen molar-refractivity contribution in [2.45, 2.75) is 13.5 Å². The zero-order valence-electron chi connectivity index (χ0n) is 15.0. The van der Waals surface area contributed by atoms with Crippen molar-refractivity contribution in [1.82, 2.24) is 15.8 Å². The Balaban J connectivity index is 1.84. The predicted octanol–water partition coefficient (Wildman–Crippen LogP) is 2.04. The Morgan fingerprint density at radius 2 is 1.81 bits per heavy atom. The van der Waals surface area contributed by atoms with E-state index in [1.54, 1.807) is 19.1 Å². The quantitative estimate of drug-likeness (QED) is 0.775. The number of rotatable bonds is 6. The Bertz CT molecular complexity index is 778. The van der Waals surface area contributed by atoms with Gasteiger partial charge in [-0.2, -0.15) is 0 Å². The van der Waals surface area contributed by atoms with Crippen molar-refractivity contribution in [3.63, 3.8) is 0 Å². The van der Waals surface area contributed by atoms with Gasteiger partial charge in [0.25, 0.3) is 11.8 Å². The monoisotopic (exact) mass is 359 g/mol. The number of nitrogens with zero attached hydrogens (tertiary/aromatic N) is 1. The Morgan fingerprint density at radius 1 is 1.12 bits per heavy atom. The topological polar surface area (TPSA) is 70.7 Å². The molecule has 2 aromatic rings. The lowest BCUT2D eigenvalue weighted by atomic mass is 10.1. The molecule has 2 aromatic carbocycles. The molecule has 0 saturated heterocycles. The lowest BCUT2D eigenvalue weighted by Crippen LogP contribution is -2.45. The van der Waals surface area contributed by atoms with Crippen LogP contribution in [0.25, 0.3) is 0 Å². The molecule has 0 radical (unpaired) electrons. The van der Waals surface area contributed by atoms with Crippen LogP contribution in [0.4, 0.5) is 4.39 Å². The number of halogens is 1. The van der Waals surface area contributed by atoms with Crippen molar-refractivity contribution in [3.8, 4) is 5.75 Å². The maximum atomic E-state index is 12.8. The van der Waals surface area contributed by atoms with E-state index in [9.17, 15) is 14.0 Å². The van der Waals surface area contributed by atoms with E-state index in [2.05, 4.69) is 10.9 Å². The van der Waals surface area contributed by atoms with Gasteiger partial charge in [0.15, 0.2) is 0 Å². The van der Waals surface area contributed by atoms with Gasteiger partial charge in [0.1, 0.15) is 11.6 Å². The number of benzene rings is 2. The summed E-state index contributed by atoms with van der Waals surface area (Å²) in [6.07, 6.45) is 0. The van der Waals surface area contributed by atoms with Gasteiger partial charge in [-0.15, -0.1) is 0 Å². The number of amides is 2. The molecule has 0 bridgehead atoms. The molecule has 2 N–H and O–H groups in total. The van der Waals surface area contributed by atoms with Gasteiger partial charge >= 0.3 is 0 Å². The van der Waals surface area contributed by atoms with Crippen molar-refractivity contribution in [3.05, 3.63) is 65.0 Å². The summed E-state index contributed by atoms with van der Waals surface area (Å²) in [7, 11) is 3.40. The summed E-state index contributed by atoms with van der Waals surface area (Å²) in [5, 5.41) is 0. The highest BCUT2D eigenvalue weighted by molar-refractivity contribution is 5.95. The molecule has 0 heterocycles. The van der Waals surface area contributed by atoms with Crippen LogP contribution in [-0.4, -0.2) is 37.4 Å².